The van der Waals surface area contributed by atoms with E-state index in [1.54, 1.807) is 10.9 Å². The predicted molar refractivity (Wildman–Crippen MR) is 109 cm³/mol. The van der Waals surface area contributed by atoms with Crippen LogP contribution in [0.15, 0.2) is 42.7 Å². The number of hydrogen-bond donors (Lipinski definition) is 1. The third-order valence-corrected chi connectivity index (χ3v) is 5.67. The van der Waals surface area contributed by atoms with Crippen LogP contribution in [-0.2, 0) is 26.7 Å². The summed E-state index contributed by atoms with van der Waals surface area (Å²) in [5.74, 6) is -0.200. The number of benzene rings is 1. The zero-order valence-corrected chi connectivity index (χ0v) is 17.0. The van der Waals surface area contributed by atoms with E-state index in [1.807, 2.05) is 48.3 Å². The number of likely N-dealkylation sites (tertiary alicyclic amines) is 1. The van der Waals surface area contributed by atoms with Gasteiger partial charge in [-0.15, -0.1) is 5.10 Å². The number of carbonyl (C=O) groups is 1. The van der Waals surface area contributed by atoms with Gasteiger partial charge in [-0.2, -0.15) is 5.10 Å². The number of hydrogen-bond acceptors (Lipinski definition) is 5. The van der Waals surface area contributed by atoms with Gasteiger partial charge < -0.3 is 5.32 Å². The highest BCUT2D eigenvalue weighted by atomic mass is 16.2. The molecule has 0 spiro atoms. The molecule has 0 radical (unpaired) electrons. The number of nitrogens with one attached hydrogen (secondary N) is 1. The molecule has 4 rings (SSSR count). The van der Waals surface area contributed by atoms with E-state index in [9.17, 15) is 4.79 Å². The second-order valence-corrected chi connectivity index (χ2v) is 7.64. The Morgan fingerprint density at radius 2 is 2.10 bits per heavy atom. The average molecular weight is 393 g/mol. The van der Waals surface area contributed by atoms with Crippen LogP contribution in [-0.4, -0.2) is 48.2 Å². The van der Waals surface area contributed by atoms with E-state index in [-0.39, 0.29) is 5.91 Å². The number of carbonyl (C=O) groups excluding carboxylic acids is 1. The third-order valence-electron chi connectivity index (χ3n) is 5.67. The maximum atomic E-state index is 12.4. The average Bonchev–Trinajstić information content (AvgIpc) is 3.46. The van der Waals surface area contributed by atoms with E-state index in [2.05, 4.69) is 32.6 Å². The molecule has 29 heavy (non-hydrogen) atoms. The first-order valence-corrected chi connectivity index (χ1v) is 10.0. The van der Waals surface area contributed by atoms with Crippen LogP contribution in [0.4, 0.5) is 0 Å². The van der Waals surface area contributed by atoms with Crippen molar-refractivity contribution in [2.45, 2.75) is 45.4 Å². The summed E-state index contributed by atoms with van der Waals surface area (Å²) < 4.78 is 3.70. The smallest absolute Gasteiger partial charge is 0.273 e. The number of nitrogens with zero attached hydrogens (tertiary/aromatic N) is 6. The molecule has 1 aliphatic rings. The molecule has 0 aliphatic carbocycles. The standard InChI is InChI=1S/C21H27N7O/c1-16-18(12-23-26(16)2)13-27-10-6-9-19(27)14-28-15-20(24-25-28)21(29)22-11-17-7-4-3-5-8-17/h3-5,7-8,12,15,19H,6,9-11,13-14H2,1-2H3,(H,22,29)/t19-/m0/s1. The monoisotopic (exact) mass is 393 g/mol. The normalized spacial score (nSPS) is 17.0. The summed E-state index contributed by atoms with van der Waals surface area (Å²) in [6.07, 6.45) is 5.99. The van der Waals surface area contributed by atoms with Crippen molar-refractivity contribution >= 4 is 5.91 Å². The summed E-state index contributed by atoms with van der Waals surface area (Å²) in [7, 11) is 1.97. The second-order valence-electron chi connectivity index (χ2n) is 7.64. The first-order chi connectivity index (χ1) is 14.1. The number of rotatable bonds is 7. The summed E-state index contributed by atoms with van der Waals surface area (Å²) in [6, 6.07) is 10.2. The lowest BCUT2D eigenvalue weighted by atomic mass is 10.2. The molecule has 1 N–H and O–H groups in total. The molecule has 1 aromatic carbocycles. The van der Waals surface area contributed by atoms with Crippen molar-refractivity contribution in [3.05, 3.63) is 65.2 Å². The summed E-state index contributed by atoms with van der Waals surface area (Å²) >= 11 is 0. The van der Waals surface area contributed by atoms with Gasteiger partial charge in [0.2, 0.25) is 0 Å². The van der Waals surface area contributed by atoms with Crippen LogP contribution < -0.4 is 5.32 Å². The molecule has 8 heteroatoms. The zero-order chi connectivity index (χ0) is 20.2. The highest BCUT2D eigenvalue weighted by Crippen LogP contribution is 2.22. The lowest BCUT2D eigenvalue weighted by Crippen LogP contribution is -2.32. The van der Waals surface area contributed by atoms with Crippen LogP contribution in [0.1, 0.15) is 40.2 Å². The number of aryl methyl sites for hydroxylation is 1. The minimum atomic E-state index is -0.200. The Kier molecular flexibility index (Phi) is 5.71. The summed E-state index contributed by atoms with van der Waals surface area (Å²) in [5.41, 5.74) is 3.88. The molecule has 3 heterocycles. The minimum absolute atomic E-state index is 0.200. The van der Waals surface area contributed by atoms with E-state index < -0.39 is 0 Å². The maximum Gasteiger partial charge on any atom is 0.273 e. The zero-order valence-electron chi connectivity index (χ0n) is 17.0. The Labute approximate surface area is 170 Å². The molecule has 0 unspecified atom stereocenters. The van der Waals surface area contributed by atoms with Gasteiger partial charge in [-0.3, -0.25) is 19.1 Å². The topological polar surface area (TPSA) is 80.9 Å². The van der Waals surface area contributed by atoms with Gasteiger partial charge >= 0.3 is 0 Å². The highest BCUT2D eigenvalue weighted by Gasteiger charge is 2.26. The lowest BCUT2D eigenvalue weighted by molar-refractivity contribution is 0.0946. The SMILES string of the molecule is Cc1c(CN2CCC[C@H]2Cn2cc(C(=O)NCc3ccccc3)nn2)cnn1C. The molecule has 3 aromatic rings. The van der Waals surface area contributed by atoms with Gasteiger partial charge in [0, 0.05) is 37.4 Å². The molecular formula is C21H27N7O. The van der Waals surface area contributed by atoms with Crippen molar-refractivity contribution in [3.63, 3.8) is 0 Å². The van der Waals surface area contributed by atoms with E-state index in [4.69, 9.17) is 0 Å². The molecule has 1 amide bonds. The molecule has 1 saturated heterocycles. The summed E-state index contributed by atoms with van der Waals surface area (Å²) in [4.78, 5) is 14.8. The molecule has 1 fully saturated rings. The Hall–Kier alpha value is -3.00. The fraction of sp³-hybridized carbons (Fsp3) is 0.429. The first kappa shape index (κ1) is 19.3. The van der Waals surface area contributed by atoms with Crippen LogP contribution in [0.5, 0.6) is 0 Å². The largest absolute Gasteiger partial charge is 0.347 e. The van der Waals surface area contributed by atoms with Gasteiger partial charge in [-0.25, -0.2) is 0 Å². The molecule has 1 aliphatic heterocycles. The van der Waals surface area contributed by atoms with Crippen LogP contribution >= 0.6 is 0 Å². The summed E-state index contributed by atoms with van der Waals surface area (Å²) in [5, 5.41) is 15.5. The van der Waals surface area contributed by atoms with Crippen LogP contribution in [0.2, 0.25) is 0 Å². The quantitative estimate of drug-likeness (QED) is 0.663. The predicted octanol–water partition coefficient (Wildman–Crippen LogP) is 1.91. The number of aromatic nitrogens is 5. The molecular weight excluding hydrogens is 366 g/mol. The molecule has 0 bridgehead atoms. The van der Waals surface area contributed by atoms with Crippen molar-refractivity contribution in [1.82, 2.24) is 35.0 Å². The molecule has 152 valence electrons. The van der Waals surface area contributed by atoms with E-state index in [0.29, 0.717) is 18.3 Å². The fourth-order valence-electron chi connectivity index (χ4n) is 3.80. The lowest BCUT2D eigenvalue weighted by Gasteiger charge is -2.24. The van der Waals surface area contributed by atoms with Gasteiger partial charge in [-0.05, 0) is 31.9 Å². The van der Waals surface area contributed by atoms with Gasteiger partial charge in [0.1, 0.15) is 0 Å². The van der Waals surface area contributed by atoms with Crippen molar-refractivity contribution in [2.24, 2.45) is 7.05 Å². The Balaban J connectivity index is 1.34. The van der Waals surface area contributed by atoms with Crippen LogP contribution in [0.3, 0.4) is 0 Å². The molecule has 2 aromatic heterocycles. The van der Waals surface area contributed by atoms with Gasteiger partial charge in [0.05, 0.1) is 18.9 Å². The van der Waals surface area contributed by atoms with Crippen molar-refractivity contribution < 1.29 is 4.79 Å². The second kappa shape index (κ2) is 8.57. The van der Waals surface area contributed by atoms with Gasteiger partial charge in [-0.1, -0.05) is 35.5 Å². The Morgan fingerprint density at radius 3 is 2.86 bits per heavy atom. The summed E-state index contributed by atoms with van der Waals surface area (Å²) in [6.45, 7) is 5.28. The first-order valence-electron chi connectivity index (χ1n) is 10.0. The Morgan fingerprint density at radius 1 is 1.28 bits per heavy atom. The van der Waals surface area contributed by atoms with E-state index in [0.717, 1.165) is 31.6 Å². The third kappa shape index (κ3) is 4.54. The molecule has 0 saturated carbocycles. The van der Waals surface area contributed by atoms with Crippen molar-refractivity contribution in [1.29, 1.82) is 0 Å². The van der Waals surface area contributed by atoms with Crippen LogP contribution in [0, 0.1) is 6.92 Å². The van der Waals surface area contributed by atoms with Gasteiger partial charge in [0.25, 0.3) is 5.91 Å². The maximum absolute atomic E-state index is 12.4. The Bertz CT molecular complexity index is 963. The molecule has 1 atom stereocenters. The van der Waals surface area contributed by atoms with Crippen LogP contribution in [0.25, 0.3) is 0 Å². The van der Waals surface area contributed by atoms with Crippen molar-refractivity contribution in [2.75, 3.05) is 6.54 Å². The molecule has 8 nitrogen and oxygen atoms in total. The van der Waals surface area contributed by atoms with E-state index in [1.165, 1.54) is 17.7 Å². The van der Waals surface area contributed by atoms with Crippen molar-refractivity contribution in [3.8, 4) is 0 Å². The fourth-order valence-corrected chi connectivity index (χ4v) is 3.80. The number of amides is 1. The van der Waals surface area contributed by atoms with E-state index >= 15 is 0 Å². The minimum Gasteiger partial charge on any atom is -0.347 e. The highest BCUT2D eigenvalue weighted by molar-refractivity contribution is 5.91. The van der Waals surface area contributed by atoms with Gasteiger partial charge in [0.15, 0.2) is 5.69 Å².